The van der Waals surface area contributed by atoms with E-state index in [1.807, 2.05) is 24.7 Å². The Kier molecular flexibility index (Phi) is 4.63. The smallest absolute Gasteiger partial charge is 0.0946 e. The van der Waals surface area contributed by atoms with Gasteiger partial charge in [0.15, 0.2) is 0 Å². The predicted molar refractivity (Wildman–Crippen MR) is 43.9 cm³/mol. The molecule has 1 aromatic rings. The highest BCUT2D eigenvalue weighted by Crippen LogP contribution is 1.86. The topological polar surface area (TPSA) is 17.8 Å². The molecule has 0 saturated carbocycles. The molecule has 0 fully saturated rings. The molecule has 0 unspecified atom stereocenters. The molecule has 0 aliphatic carbocycles. The second kappa shape index (κ2) is 5.03. The third-order valence-electron chi connectivity index (χ3n) is 0.834. The van der Waals surface area contributed by atoms with Crippen LogP contribution in [0.3, 0.4) is 0 Å². The molecule has 0 aliphatic rings. The van der Waals surface area contributed by atoms with Crippen LogP contribution in [0.15, 0.2) is 12.5 Å². The van der Waals surface area contributed by atoms with Gasteiger partial charge in [-0.1, -0.05) is 20.3 Å². The van der Waals surface area contributed by atoms with Gasteiger partial charge in [-0.25, -0.2) is 4.98 Å². The fourth-order valence-electron chi connectivity index (χ4n) is 0.544. The predicted octanol–water partition coefficient (Wildman–Crippen LogP) is 2.14. The fraction of sp³-hybridized carbons (Fsp3) is 0.625. The zero-order chi connectivity index (χ0) is 7.98. The first-order valence-corrected chi connectivity index (χ1v) is 3.65. The first-order chi connectivity index (χ1) is 4.70. The van der Waals surface area contributed by atoms with Crippen molar-refractivity contribution >= 4 is 0 Å². The summed E-state index contributed by atoms with van der Waals surface area (Å²) in [6.45, 7) is 6.22. The van der Waals surface area contributed by atoms with Crippen molar-refractivity contribution in [1.29, 1.82) is 0 Å². The average Bonchev–Trinajstić information content (AvgIpc) is 2.17. The Hall–Kier alpha value is -0.790. The molecule has 58 valence electrons. The fourth-order valence-corrected chi connectivity index (χ4v) is 0.544. The number of hydrogen-bond donors (Lipinski definition) is 0. The molecule has 1 heterocycles. The van der Waals surface area contributed by atoms with Crippen LogP contribution in [-0.2, 0) is 7.05 Å². The van der Waals surface area contributed by atoms with Crippen LogP contribution in [0.5, 0.6) is 0 Å². The van der Waals surface area contributed by atoms with Crippen molar-refractivity contribution in [2.24, 2.45) is 7.05 Å². The van der Waals surface area contributed by atoms with Crippen molar-refractivity contribution in [2.75, 3.05) is 0 Å². The van der Waals surface area contributed by atoms with Gasteiger partial charge in [0.25, 0.3) is 0 Å². The molecule has 0 aliphatic heterocycles. The number of imidazole rings is 1. The van der Waals surface area contributed by atoms with Crippen LogP contribution in [-0.4, -0.2) is 9.55 Å². The van der Waals surface area contributed by atoms with Crippen LogP contribution >= 0.6 is 0 Å². The van der Waals surface area contributed by atoms with Crippen molar-refractivity contribution in [1.82, 2.24) is 9.55 Å². The van der Waals surface area contributed by atoms with E-state index in [-0.39, 0.29) is 0 Å². The minimum Gasteiger partial charge on any atom is -0.340 e. The Morgan fingerprint density at radius 3 is 2.10 bits per heavy atom. The Balaban J connectivity index is 0.000000236. The zero-order valence-corrected chi connectivity index (χ0v) is 7.26. The van der Waals surface area contributed by atoms with Crippen molar-refractivity contribution < 1.29 is 0 Å². The third kappa shape index (κ3) is 4.13. The highest BCUT2D eigenvalue weighted by molar-refractivity contribution is 4.90. The molecule has 2 nitrogen and oxygen atoms in total. The molecule has 0 spiro atoms. The molecule has 1 rings (SSSR count). The third-order valence-corrected chi connectivity index (χ3v) is 0.834. The Bertz CT molecular complexity index is 151. The lowest BCUT2D eigenvalue weighted by Gasteiger charge is -1.78. The van der Waals surface area contributed by atoms with E-state index in [1.165, 1.54) is 6.42 Å². The monoisotopic (exact) mass is 140 g/mol. The lowest BCUT2D eigenvalue weighted by molar-refractivity contribution is 0.913. The Morgan fingerprint density at radius 2 is 2.00 bits per heavy atom. The summed E-state index contributed by atoms with van der Waals surface area (Å²) < 4.78 is 1.93. The highest BCUT2D eigenvalue weighted by atomic mass is 15.0. The van der Waals surface area contributed by atoms with Gasteiger partial charge in [0.1, 0.15) is 0 Å². The van der Waals surface area contributed by atoms with Crippen LogP contribution in [0.25, 0.3) is 0 Å². The molecule has 0 bridgehead atoms. The van der Waals surface area contributed by atoms with Gasteiger partial charge in [0.2, 0.25) is 0 Å². The van der Waals surface area contributed by atoms with Gasteiger partial charge in [-0.2, -0.15) is 0 Å². The van der Waals surface area contributed by atoms with Crippen LogP contribution in [0.2, 0.25) is 0 Å². The standard InChI is InChI=1S/C5H8N2.C3H8/c1-5-3-7(2)4-6-5;1-3-2/h3-4H,1-2H3;3H2,1-2H3. The summed E-state index contributed by atoms with van der Waals surface area (Å²) in [4.78, 5) is 3.98. The summed E-state index contributed by atoms with van der Waals surface area (Å²) in [6.07, 6.45) is 5.01. The van der Waals surface area contributed by atoms with Crippen molar-refractivity contribution in [2.45, 2.75) is 27.2 Å². The number of hydrogen-bond acceptors (Lipinski definition) is 1. The van der Waals surface area contributed by atoms with Crippen LogP contribution in [0.1, 0.15) is 26.0 Å². The molecule has 0 atom stereocenters. The quantitative estimate of drug-likeness (QED) is 0.540. The van der Waals surface area contributed by atoms with E-state index in [9.17, 15) is 0 Å². The molecule has 0 amide bonds. The SMILES string of the molecule is CCC.Cc1cn(C)cn1. The summed E-state index contributed by atoms with van der Waals surface area (Å²) in [7, 11) is 1.96. The summed E-state index contributed by atoms with van der Waals surface area (Å²) in [5.41, 5.74) is 1.07. The maximum atomic E-state index is 3.98. The van der Waals surface area contributed by atoms with Crippen molar-refractivity contribution in [3.63, 3.8) is 0 Å². The molecular formula is C8H16N2. The van der Waals surface area contributed by atoms with E-state index >= 15 is 0 Å². The summed E-state index contributed by atoms with van der Waals surface area (Å²) in [5, 5.41) is 0. The molecule has 0 saturated heterocycles. The maximum Gasteiger partial charge on any atom is 0.0946 e. The summed E-state index contributed by atoms with van der Waals surface area (Å²) in [5.74, 6) is 0. The first-order valence-electron chi connectivity index (χ1n) is 3.65. The van der Waals surface area contributed by atoms with E-state index in [1.54, 1.807) is 6.33 Å². The minimum absolute atomic E-state index is 1.07. The van der Waals surface area contributed by atoms with Gasteiger partial charge < -0.3 is 4.57 Å². The molecule has 1 aromatic heterocycles. The Labute approximate surface area is 62.9 Å². The highest BCUT2D eigenvalue weighted by Gasteiger charge is 1.81. The normalized spacial score (nSPS) is 8.40. The molecule has 2 heteroatoms. The summed E-state index contributed by atoms with van der Waals surface area (Å²) in [6, 6.07) is 0. The van der Waals surface area contributed by atoms with Gasteiger partial charge in [-0.3, -0.25) is 0 Å². The number of aryl methyl sites for hydroxylation is 2. The van der Waals surface area contributed by atoms with Gasteiger partial charge in [-0.05, 0) is 6.92 Å². The van der Waals surface area contributed by atoms with Crippen molar-refractivity contribution in [3.8, 4) is 0 Å². The molecule has 0 N–H and O–H groups in total. The number of rotatable bonds is 0. The van der Waals surface area contributed by atoms with E-state index in [4.69, 9.17) is 0 Å². The molecule has 0 aromatic carbocycles. The van der Waals surface area contributed by atoms with Crippen LogP contribution in [0.4, 0.5) is 0 Å². The van der Waals surface area contributed by atoms with Crippen molar-refractivity contribution in [3.05, 3.63) is 18.2 Å². The van der Waals surface area contributed by atoms with Gasteiger partial charge in [0.05, 0.1) is 12.0 Å². The van der Waals surface area contributed by atoms with E-state index in [0.717, 1.165) is 5.69 Å². The summed E-state index contributed by atoms with van der Waals surface area (Å²) >= 11 is 0. The van der Waals surface area contributed by atoms with E-state index < -0.39 is 0 Å². The second-order valence-corrected chi connectivity index (χ2v) is 2.39. The molecule has 0 radical (unpaired) electrons. The number of aromatic nitrogens is 2. The van der Waals surface area contributed by atoms with Gasteiger partial charge in [0, 0.05) is 13.2 Å². The van der Waals surface area contributed by atoms with Crippen LogP contribution < -0.4 is 0 Å². The second-order valence-electron chi connectivity index (χ2n) is 2.39. The van der Waals surface area contributed by atoms with E-state index in [0.29, 0.717) is 0 Å². The Morgan fingerprint density at radius 1 is 1.50 bits per heavy atom. The van der Waals surface area contributed by atoms with Gasteiger partial charge in [-0.15, -0.1) is 0 Å². The number of nitrogens with zero attached hydrogens (tertiary/aromatic N) is 2. The zero-order valence-electron chi connectivity index (χ0n) is 7.26. The lowest BCUT2D eigenvalue weighted by atomic mass is 10.6. The maximum absolute atomic E-state index is 3.98. The average molecular weight is 140 g/mol. The van der Waals surface area contributed by atoms with Crippen LogP contribution in [0, 0.1) is 6.92 Å². The largest absolute Gasteiger partial charge is 0.340 e. The first kappa shape index (κ1) is 9.21. The minimum atomic E-state index is 1.07. The molecular weight excluding hydrogens is 124 g/mol. The lowest BCUT2D eigenvalue weighted by Crippen LogP contribution is -1.76. The van der Waals surface area contributed by atoms with E-state index in [2.05, 4.69) is 18.8 Å². The molecule has 10 heavy (non-hydrogen) atoms. The van der Waals surface area contributed by atoms with Gasteiger partial charge >= 0.3 is 0 Å².